The Hall–Kier alpha value is -2.38. The average Bonchev–Trinajstić information content (AvgIpc) is 3.36. The summed E-state index contributed by atoms with van der Waals surface area (Å²) in [4.78, 5) is 18.3. The summed E-state index contributed by atoms with van der Waals surface area (Å²) in [5, 5.41) is 9.84. The predicted molar refractivity (Wildman–Crippen MR) is 108 cm³/mol. The third kappa shape index (κ3) is 4.46. The van der Waals surface area contributed by atoms with E-state index in [1.54, 1.807) is 6.20 Å². The molecule has 2 fully saturated rings. The van der Waals surface area contributed by atoms with Gasteiger partial charge < -0.3 is 19.1 Å². The first-order valence-electron chi connectivity index (χ1n) is 10.4. The summed E-state index contributed by atoms with van der Waals surface area (Å²) in [5.74, 6) is 0.322. The number of likely N-dealkylation sites (tertiary alicyclic amines) is 1. The Morgan fingerprint density at radius 3 is 3.03 bits per heavy atom. The van der Waals surface area contributed by atoms with Gasteiger partial charge in [-0.2, -0.15) is 0 Å². The van der Waals surface area contributed by atoms with Gasteiger partial charge in [0.05, 0.1) is 19.5 Å². The molecule has 2 atom stereocenters. The van der Waals surface area contributed by atoms with E-state index in [4.69, 9.17) is 9.47 Å². The Kier molecular flexibility index (Phi) is 6.16. The van der Waals surface area contributed by atoms with Gasteiger partial charge in [0.25, 0.3) is 0 Å². The minimum atomic E-state index is -0.763. The van der Waals surface area contributed by atoms with Gasteiger partial charge in [0.15, 0.2) is 0 Å². The standard InChI is InChI=1S/C22H29N3O4/c26-21(27)22-15-25(14-19(22)7-12-28-16-22)13-18-5-1-2-6-20(18)29-11-4-3-9-24-10-8-23-17-24/h1-2,5-6,8,10,17,19H,3-4,7,9,11-16H2,(H,26,27)/t19-,22+/m0/s1. The van der Waals surface area contributed by atoms with Crippen LogP contribution in [0, 0.1) is 11.3 Å². The molecule has 0 saturated carbocycles. The number of para-hydroxylation sites is 1. The quantitative estimate of drug-likeness (QED) is 0.654. The molecule has 0 spiro atoms. The molecule has 0 aliphatic carbocycles. The molecule has 3 heterocycles. The fourth-order valence-electron chi connectivity index (χ4n) is 4.53. The summed E-state index contributed by atoms with van der Waals surface area (Å²) >= 11 is 0. The normalized spacial score (nSPS) is 24.3. The Morgan fingerprint density at radius 1 is 1.34 bits per heavy atom. The fraction of sp³-hybridized carbons (Fsp3) is 0.545. The highest BCUT2D eigenvalue weighted by Crippen LogP contribution is 2.42. The molecule has 1 aromatic heterocycles. The zero-order valence-electron chi connectivity index (χ0n) is 16.7. The van der Waals surface area contributed by atoms with Crippen LogP contribution in [0.1, 0.15) is 24.8 Å². The molecule has 2 aliphatic rings. The van der Waals surface area contributed by atoms with Crippen LogP contribution in [0.15, 0.2) is 43.0 Å². The van der Waals surface area contributed by atoms with Gasteiger partial charge >= 0.3 is 5.97 Å². The zero-order valence-corrected chi connectivity index (χ0v) is 16.7. The number of aromatic nitrogens is 2. The van der Waals surface area contributed by atoms with Crippen molar-refractivity contribution in [3.8, 4) is 5.75 Å². The number of carbonyl (C=O) groups is 1. The summed E-state index contributed by atoms with van der Waals surface area (Å²) in [6.07, 6.45) is 8.42. The topological polar surface area (TPSA) is 76.8 Å². The summed E-state index contributed by atoms with van der Waals surface area (Å²) in [7, 11) is 0. The molecule has 7 nitrogen and oxygen atoms in total. The number of fused-ring (bicyclic) bond motifs is 1. The van der Waals surface area contributed by atoms with Crippen LogP contribution in [0.5, 0.6) is 5.75 Å². The van der Waals surface area contributed by atoms with Gasteiger partial charge in [0.1, 0.15) is 11.2 Å². The Bertz CT molecular complexity index is 810. The zero-order chi connectivity index (χ0) is 20.1. The molecule has 156 valence electrons. The maximum Gasteiger partial charge on any atom is 0.313 e. The first-order chi connectivity index (χ1) is 14.2. The molecule has 2 aromatic rings. The van der Waals surface area contributed by atoms with Gasteiger partial charge in [-0.3, -0.25) is 9.69 Å². The minimum absolute atomic E-state index is 0.157. The van der Waals surface area contributed by atoms with E-state index < -0.39 is 11.4 Å². The van der Waals surface area contributed by atoms with Crippen molar-refractivity contribution < 1.29 is 19.4 Å². The van der Waals surface area contributed by atoms with E-state index in [1.165, 1.54) is 0 Å². The van der Waals surface area contributed by atoms with Gasteiger partial charge in [-0.1, -0.05) is 18.2 Å². The van der Waals surface area contributed by atoms with E-state index in [2.05, 4.69) is 20.5 Å². The molecular formula is C22H29N3O4. The lowest BCUT2D eigenvalue weighted by Crippen LogP contribution is -2.46. The Morgan fingerprint density at radius 2 is 2.24 bits per heavy atom. The van der Waals surface area contributed by atoms with E-state index in [0.717, 1.165) is 43.7 Å². The molecule has 1 N–H and O–H groups in total. The van der Waals surface area contributed by atoms with Crippen molar-refractivity contribution in [3.05, 3.63) is 48.5 Å². The summed E-state index contributed by atoms with van der Waals surface area (Å²) in [5.41, 5.74) is 0.351. The highest BCUT2D eigenvalue weighted by atomic mass is 16.5. The van der Waals surface area contributed by atoms with Gasteiger partial charge in [0.2, 0.25) is 0 Å². The second kappa shape index (κ2) is 8.97. The predicted octanol–water partition coefficient (Wildman–Crippen LogP) is 2.67. The van der Waals surface area contributed by atoms with E-state index in [-0.39, 0.29) is 5.92 Å². The maximum absolute atomic E-state index is 12.0. The largest absolute Gasteiger partial charge is 0.493 e. The number of hydrogen-bond donors (Lipinski definition) is 1. The lowest BCUT2D eigenvalue weighted by Gasteiger charge is -2.34. The number of nitrogens with zero attached hydrogens (tertiary/aromatic N) is 3. The van der Waals surface area contributed by atoms with Crippen molar-refractivity contribution in [2.75, 3.05) is 32.9 Å². The summed E-state index contributed by atoms with van der Waals surface area (Å²) in [6, 6.07) is 8.08. The second-order valence-corrected chi connectivity index (χ2v) is 8.13. The number of aliphatic carboxylic acids is 1. The smallest absolute Gasteiger partial charge is 0.313 e. The van der Waals surface area contributed by atoms with E-state index in [9.17, 15) is 9.90 Å². The molecule has 0 unspecified atom stereocenters. The van der Waals surface area contributed by atoms with Gasteiger partial charge in [-0.25, -0.2) is 4.98 Å². The minimum Gasteiger partial charge on any atom is -0.493 e. The Labute approximate surface area is 171 Å². The molecule has 4 rings (SSSR count). The second-order valence-electron chi connectivity index (χ2n) is 8.13. The summed E-state index contributed by atoms with van der Waals surface area (Å²) < 4.78 is 13.7. The molecule has 0 radical (unpaired) electrons. The number of imidazole rings is 1. The van der Waals surface area contributed by atoms with Gasteiger partial charge in [0, 0.05) is 50.7 Å². The molecule has 29 heavy (non-hydrogen) atoms. The number of rotatable bonds is 9. The average molecular weight is 399 g/mol. The number of unbranched alkanes of at least 4 members (excludes halogenated alkanes) is 1. The van der Waals surface area contributed by atoms with Crippen LogP contribution in [0.3, 0.4) is 0 Å². The van der Waals surface area contributed by atoms with Crippen LogP contribution in [0.4, 0.5) is 0 Å². The molecule has 2 saturated heterocycles. The van der Waals surface area contributed by atoms with E-state index >= 15 is 0 Å². The van der Waals surface area contributed by atoms with Crippen LogP contribution in [0.2, 0.25) is 0 Å². The number of carboxylic acid groups (broad SMARTS) is 1. The van der Waals surface area contributed by atoms with Crippen LogP contribution < -0.4 is 4.74 Å². The maximum atomic E-state index is 12.0. The highest BCUT2D eigenvalue weighted by molar-refractivity contribution is 5.76. The number of carboxylic acids is 1. The molecular weight excluding hydrogens is 370 g/mol. The van der Waals surface area contributed by atoms with Crippen LogP contribution in [0.25, 0.3) is 0 Å². The SMILES string of the molecule is O=C(O)[C@]12COCC[C@H]1CN(Cc1ccccc1OCCCCn1ccnc1)C2. The molecule has 7 heteroatoms. The van der Waals surface area contributed by atoms with Crippen molar-refractivity contribution in [1.29, 1.82) is 0 Å². The third-order valence-electron chi connectivity index (χ3n) is 6.16. The number of hydrogen-bond acceptors (Lipinski definition) is 5. The van der Waals surface area contributed by atoms with Crippen molar-refractivity contribution in [3.63, 3.8) is 0 Å². The highest BCUT2D eigenvalue weighted by Gasteiger charge is 2.54. The van der Waals surface area contributed by atoms with Crippen LogP contribution in [-0.2, 0) is 22.6 Å². The lowest BCUT2D eigenvalue weighted by atomic mass is 9.76. The van der Waals surface area contributed by atoms with Crippen molar-refractivity contribution in [2.45, 2.75) is 32.4 Å². The van der Waals surface area contributed by atoms with Crippen LogP contribution >= 0.6 is 0 Å². The molecule has 0 amide bonds. The summed E-state index contributed by atoms with van der Waals surface area (Å²) in [6.45, 7) is 4.63. The number of ether oxygens (including phenoxy) is 2. The lowest BCUT2D eigenvalue weighted by molar-refractivity contribution is -0.159. The fourth-order valence-corrected chi connectivity index (χ4v) is 4.53. The molecule has 0 bridgehead atoms. The Balaban J connectivity index is 1.32. The monoisotopic (exact) mass is 399 g/mol. The van der Waals surface area contributed by atoms with E-state index in [1.807, 2.05) is 30.7 Å². The van der Waals surface area contributed by atoms with Crippen molar-refractivity contribution >= 4 is 5.97 Å². The van der Waals surface area contributed by atoms with Crippen molar-refractivity contribution in [2.24, 2.45) is 11.3 Å². The van der Waals surface area contributed by atoms with Crippen molar-refractivity contribution in [1.82, 2.24) is 14.5 Å². The number of benzene rings is 1. The van der Waals surface area contributed by atoms with Gasteiger partial charge in [-0.05, 0) is 31.2 Å². The van der Waals surface area contributed by atoms with E-state index in [0.29, 0.717) is 32.9 Å². The molecule has 2 aliphatic heterocycles. The first-order valence-corrected chi connectivity index (χ1v) is 10.4. The van der Waals surface area contributed by atoms with Crippen LogP contribution in [-0.4, -0.2) is 58.4 Å². The van der Waals surface area contributed by atoms with Gasteiger partial charge in [-0.15, -0.1) is 0 Å². The first kappa shape index (κ1) is 19.9. The third-order valence-corrected chi connectivity index (χ3v) is 6.16. The molecule has 1 aromatic carbocycles. The number of aryl methyl sites for hydroxylation is 1.